The molecule has 0 amide bonds. The molecule has 5 heteroatoms. The highest BCUT2D eigenvalue weighted by molar-refractivity contribution is 6.38. The summed E-state index contributed by atoms with van der Waals surface area (Å²) in [5, 5.41) is 11.7. The van der Waals surface area contributed by atoms with Crippen LogP contribution in [0.25, 0.3) is 0 Å². The van der Waals surface area contributed by atoms with Gasteiger partial charge in [-0.05, 0) is 0 Å². The molecule has 0 aromatic rings. The van der Waals surface area contributed by atoms with Gasteiger partial charge in [-0.1, -0.05) is 12.1 Å². The zero-order valence-electron chi connectivity index (χ0n) is 7.03. The predicted octanol–water partition coefficient (Wildman–Crippen LogP) is 0.443. The van der Waals surface area contributed by atoms with Crippen LogP contribution < -0.4 is 0 Å². The number of Topliss-reactive ketones (excluding diaryl/α,β-unsaturated/α-hetero) is 1. The Labute approximate surface area is 70.0 Å². The molecular weight excluding hydrogens is 162 g/mol. The molecule has 5 nitrogen and oxygen atoms in total. The summed E-state index contributed by atoms with van der Waals surface area (Å²) >= 11 is 0. The van der Waals surface area contributed by atoms with Crippen LogP contribution in [0.15, 0.2) is 5.16 Å². The Morgan fingerprint density at radius 3 is 2.42 bits per heavy atom. The lowest BCUT2D eigenvalue weighted by molar-refractivity contribution is -0.130. The summed E-state index contributed by atoms with van der Waals surface area (Å²) < 4.78 is 0. The van der Waals surface area contributed by atoms with E-state index in [9.17, 15) is 9.59 Å². The van der Waals surface area contributed by atoms with E-state index in [0.29, 0.717) is 6.42 Å². The first kappa shape index (κ1) is 10.6. The number of carboxylic acid groups (broad SMARTS) is 1. The topological polar surface area (TPSA) is 76.0 Å². The van der Waals surface area contributed by atoms with E-state index >= 15 is 0 Å². The fraction of sp³-hybridized carbons (Fsp3) is 0.571. The molecule has 0 rings (SSSR count). The van der Waals surface area contributed by atoms with Gasteiger partial charge in [-0.3, -0.25) is 4.79 Å². The highest BCUT2D eigenvalue weighted by Crippen LogP contribution is 1.94. The first-order valence-corrected chi connectivity index (χ1v) is 3.46. The zero-order valence-corrected chi connectivity index (χ0v) is 7.03. The van der Waals surface area contributed by atoms with Crippen molar-refractivity contribution in [1.29, 1.82) is 0 Å². The summed E-state index contributed by atoms with van der Waals surface area (Å²) in [7, 11) is 1.24. The summed E-state index contributed by atoms with van der Waals surface area (Å²) in [6.07, 6.45) is 0.121. The van der Waals surface area contributed by atoms with Crippen molar-refractivity contribution < 1.29 is 19.5 Å². The normalized spacial score (nSPS) is 11.0. The van der Waals surface area contributed by atoms with Gasteiger partial charge in [0.15, 0.2) is 5.71 Å². The number of hydrogen-bond donors (Lipinski definition) is 1. The molecule has 0 radical (unpaired) electrons. The van der Waals surface area contributed by atoms with Crippen LogP contribution in [0.2, 0.25) is 0 Å². The van der Waals surface area contributed by atoms with Gasteiger partial charge in [0.2, 0.25) is 0 Å². The Morgan fingerprint density at radius 2 is 2.08 bits per heavy atom. The molecule has 0 spiro atoms. The van der Waals surface area contributed by atoms with Crippen LogP contribution in [0.5, 0.6) is 0 Å². The highest BCUT2D eigenvalue weighted by Gasteiger charge is 2.13. The van der Waals surface area contributed by atoms with E-state index in [2.05, 4.69) is 9.99 Å². The lowest BCUT2D eigenvalue weighted by Gasteiger charge is -1.97. The molecule has 0 unspecified atom stereocenters. The van der Waals surface area contributed by atoms with Gasteiger partial charge in [0.05, 0.1) is 6.42 Å². The molecule has 0 aromatic carbocycles. The lowest BCUT2D eigenvalue weighted by Crippen LogP contribution is -2.17. The quantitative estimate of drug-likeness (QED) is 0.483. The molecule has 0 aliphatic heterocycles. The molecule has 0 atom stereocenters. The van der Waals surface area contributed by atoms with Crippen molar-refractivity contribution in [3.8, 4) is 0 Å². The number of nitrogens with zero attached hydrogens (tertiary/aromatic N) is 1. The van der Waals surface area contributed by atoms with Gasteiger partial charge >= 0.3 is 5.97 Å². The molecule has 0 saturated carbocycles. The molecule has 1 N–H and O–H groups in total. The van der Waals surface area contributed by atoms with Gasteiger partial charge in [-0.15, -0.1) is 0 Å². The molecule has 0 heterocycles. The van der Waals surface area contributed by atoms with Crippen LogP contribution in [-0.2, 0) is 14.4 Å². The van der Waals surface area contributed by atoms with Gasteiger partial charge in [-0.2, -0.15) is 0 Å². The first-order valence-electron chi connectivity index (χ1n) is 3.46. The van der Waals surface area contributed by atoms with Crippen LogP contribution >= 0.6 is 0 Å². The average Bonchev–Trinajstić information content (AvgIpc) is 2.03. The fourth-order valence-electron chi connectivity index (χ4n) is 0.569. The third kappa shape index (κ3) is 3.70. The van der Waals surface area contributed by atoms with E-state index in [-0.39, 0.29) is 17.9 Å². The summed E-state index contributed by atoms with van der Waals surface area (Å²) in [6.45, 7) is 1.66. The fourth-order valence-corrected chi connectivity index (χ4v) is 0.569. The van der Waals surface area contributed by atoms with Gasteiger partial charge in [0, 0.05) is 6.42 Å². The Kier molecular flexibility index (Phi) is 4.67. The van der Waals surface area contributed by atoms with Gasteiger partial charge in [-0.25, -0.2) is 4.79 Å². The van der Waals surface area contributed by atoms with Crippen molar-refractivity contribution in [3.63, 3.8) is 0 Å². The number of carboxylic acids is 1. The number of ketones is 1. The highest BCUT2D eigenvalue weighted by atomic mass is 16.6. The lowest BCUT2D eigenvalue weighted by atomic mass is 10.1. The van der Waals surface area contributed by atoms with Crippen molar-refractivity contribution in [2.75, 3.05) is 7.11 Å². The second kappa shape index (κ2) is 5.29. The van der Waals surface area contributed by atoms with Crippen molar-refractivity contribution in [1.82, 2.24) is 0 Å². The van der Waals surface area contributed by atoms with Crippen LogP contribution in [0.1, 0.15) is 19.8 Å². The molecule has 0 aliphatic carbocycles. The van der Waals surface area contributed by atoms with Crippen LogP contribution in [0.3, 0.4) is 0 Å². The van der Waals surface area contributed by atoms with Crippen molar-refractivity contribution >= 4 is 17.5 Å². The summed E-state index contributed by atoms with van der Waals surface area (Å²) in [5.41, 5.74) is -0.260. The summed E-state index contributed by atoms with van der Waals surface area (Å²) in [4.78, 5) is 25.4. The SMILES string of the molecule is CCC(=O)CC(=NOC)C(=O)O. The molecule has 68 valence electrons. The molecule has 12 heavy (non-hydrogen) atoms. The van der Waals surface area contributed by atoms with E-state index in [4.69, 9.17) is 5.11 Å². The maximum absolute atomic E-state index is 10.8. The summed E-state index contributed by atoms with van der Waals surface area (Å²) in [5.74, 6) is -1.40. The standard InChI is InChI=1S/C7H11NO4/c1-3-5(9)4-6(7(10)11)8-12-2/h3-4H2,1-2H3,(H,10,11). The Bertz CT molecular complexity index is 209. The Morgan fingerprint density at radius 1 is 1.50 bits per heavy atom. The Hall–Kier alpha value is -1.39. The van der Waals surface area contributed by atoms with Crippen molar-refractivity contribution in [3.05, 3.63) is 0 Å². The smallest absolute Gasteiger partial charge is 0.354 e. The Balaban J connectivity index is 4.24. The van der Waals surface area contributed by atoms with E-state index < -0.39 is 5.97 Å². The maximum Gasteiger partial charge on any atom is 0.354 e. The number of carbonyl (C=O) groups is 2. The maximum atomic E-state index is 10.8. The molecule has 0 fully saturated rings. The minimum atomic E-state index is -1.22. The van der Waals surface area contributed by atoms with Crippen LogP contribution in [0.4, 0.5) is 0 Å². The number of hydrogen-bond acceptors (Lipinski definition) is 4. The monoisotopic (exact) mass is 173 g/mol. The van der Waals surface area contributed by atoms with E-state index in [1.165, 1.54) is 7.11 Å². The predicted molar refractivity (Wildman–Crippen MR) is 42.0 cm³/mol. The van der Waals surface area contributed by atoms with Crippen molar-refractivity contribution in [2.45, 2.75) is 19.8 Å². The van der Waals surface area contributed by atoms with Gasteiger partial charge < -0.3 is 9.94 Å². The molecule has 0 saturated heterocycles. The number of carbonyl (C=O) groups excluding carboxylic acids is 1. The number of rotatable bonds is 5. The second-order valence-corrected chi connectivity index (χ2v) is 2.09. The van der Waals surface area contributed by atoms with Crippen LogP contribution in [0, 0.1) is 0 Å². The molecule has 0 bridgehead atoms. The summed E-state index contributed by atoms with van der Waals surface area (Å²) in [6, 6.07) is 0. The van der Waals surface area contributed by atoms with Crippen LogP contribution in [-0.4, -0.2) is 29.7 Å². The van der Waals surface area contributed by atoms with Crippen molar-refractivity contribution in [2.24, 2.45) is 5.16 Å². The van der Waals surface area contributed by atoms with Gasteiger partial charge in [0.1, 0.15) is 12.9 Å². The molecule has 0 aromatic heterocycles. The largest absolute Gasteiger partial charge is 0.477 e. The third-order valence-electron chi connectivity index (χ3n) is 1.21. The third-order valence-corrected chi connectivity index (χ3v) is 1.21. The van der Waals surface area contributed by atoms with E-state index in [1.54, 1.807) is 6.92 Å². The minimum absolute atomic E-state index is 0.173. The van der Waals surface area contributed by atoms with E-state index in [1.807, 2.05) is 0 Å². The molecule has 0 aliphatic rings. The number of oxime groups is 1. The van der Waals surface area contributed by atoms with Gasteiger partial charge in [0.25, 0.3) is 0 Å². The minimum Gasteiger partial charge on any atom is -0.477 e. The average molecular weight is 173 g/mol. The van der Waals surface area contributed by atoms with E-state index in [0.717, 1.165) is 0 Å². The zero-order chi connectivity index (χ0) is 9.56. The first-order chi connectivity index (χ1) is 5.61. The number of aliphatic carboxylic acids is 1. The second-order valence-electron chi connectivity index (χ2n) is 2.09. The molecular formula is C7H11NO4.